The monoisotopic (exact) mass is 192 g/mol. The van der Waals surface area contributed by atoms with Gasteiger partial charge in [0.25, 0.3) is 5.91 Å². The molecule has 0 saturated heterocycles. The van der Waals surface area contributed by atoms with E-state index in [-0.39, 0.29) is 0 Å². The molecule has 0 unspecified atom stereocenters. The highest BCUT2D eigenvalue weighted by atomic mass is 16.1. The molecule has 1 aromatic heterocycles. The van der Waals surface area contributed by atoms with E-state index in [0.717, 1.165) is 17.5 Å². The summed E-state index contributed by atoms with van der Waals surface area (Å²) in [5.41, 5.74) is 8.00. The number of pyridine rings is 1. The van der Waals surface area contributed by atoms with Gasteiger partial charge in [-0.05, 0) is 23.5 Å². The van der Waals surface area contributed by atoms with Gasteiger partial charge in [0.2, 0.25) is 0 Å². The highest BCUT2D eigenvalue weighted by Crippen LogP contribution is 2.23. The summed E-state index contributed by atoms with van der Waals surface area (Å²) in [5.74, 6) is -0.0908. The molecule has 1 rings (SSSR count). The number of aryl methyl sites for hydroxylation is 1. The van der Waals surface area contributed by atoms with Crippen LogP contribution in [0.25, 0.3) is 0 Å². The van der Waals surface area contributed by atoms with E-state index in [4.69, 9.17) is 5.73 Å². The van der Waals surface area contributed by atoms with E-state index in [1.165, 1.54) is 0 Å². The summed E-state index contributed by atoms with van der Waals surface area (Å²) in [6, 6.07) is 0. The highest BCUT2D eigenvalue weighted by molar-refractivity contribution is 5.94. The van der Waals surface area contributed by atoms with Gasteiger partial charge in [0, 0.05) is 12.4 Å². The standard InChI is InChI=1S/C11H16N2O/c1-4-8-5-13-6-9(11(12)14)10(8)7(2)3/h5-7H,4H2,1-3H3,(H2,12,14). The van der Waals surface area contributed by atoms with Crippen molar-refractivity contribution in [1.29, 1.82) is 0 Å². The fourth-order valence-electron chi connectivity index (χ4n) is 1.67. The first kappa shape index (κ1) is 10.7. The summed E-state index contributed by atoms with van der Waals surface area (Å²) < 4.78 is 0. The first-order valence-corrected chi connectivity index (χ1v) is 4.84. The van der Waals surface area contributed by atoms with Crippen molar-refractivity contribution in [2.24, 2.45) is 5.73 Å². The molecule has 1 aromatic rings. The molecule has 0 spiro atoms. The Morgan fingerprint density at radius 1 is 1.50 bits per heavy atom. The Balaban J connectivity index is 3.35. The lowest BCUT2D eigenvalue weighted by Crippen LogP contribution is -2.16. The van der Waals surface area contributed by atoms with E-state index in [9.17, 15) is 4.79 Å². The van der Waals surface area contributed by atoms with Crippen molar-refractivity contribution in [3.05, 3.63) is 29.1 Å². The van der Waals surface area contributed by atoms with E-state index >= 15 is 0 Å². The van der Waals surface area contributed by atoms with Crippen LogP contribution in [-0.4, -0.2) is 10.9 Å². The van der Waals surface area contributed by atoms with Gasteiger partial charge in [-0.2, -0.15) is 0 Å². The number of hydrogen-bond donors (Lipinski definition) is 1. The molecule has 76 valence electrons. The summed E-state index contributed by atoms with van der Waals surface area (Å²) in [6.45, 7) is 6.16. The summed E-state index contributed by atoms with van der Waals surface area (Å²) >= 11 is 0. The minimum absolute atomic E-state index is 0.301. The van der Waals surface area contributed by atoms with Crippen LogP contribution in [0.4, 0.5) is 0 Å². The third kappa shape index (κ3) is 1.92. The first-order chi connectivity index (χ1) is 6.57. The van der Waals surface area contributed by atoms with Crippen LogP contribution < -0.4 is 5.73 Å². The molecule has 0 saturated carbocycles. The lowest BCUT2D eigenvalue weighted by molar-refractivity contribution is 0.0998. The fourth-order valence-corrected chi connectivity index (χ4v) is 1.67. The predicted molar refractivity (Wildman–Crippen MR) is 56.2 cm³/mol. The van der Waals surface area contributed by atoms with Crippen molar-refractivity contribution < 1.29 is 4.79 Å². The van der Waals surface area contributed by atoms with Crippen LogP contribution in [0.1, 0.15) is 48.2 Å². The summed E-state index contributed by atoms with van der Waals surface area (Å²) in [7, 11) is 0. The number of amides is 1. The third-order valence-electron chi connectivity index (χ3n) is 2.29. The summed E-state index contributed by atoms with van der Waals surface area (Å²) in [4.78, 5) is 15.2. The smallest absolute Gasteiger partial charge is 0.250 e. The Labute approximate surface area is 84.3 Å². The van der Waals surface area contributed by atoms with E-state index in [1.807, 2.05) is 13.1 Å². The van der Waals surface area contributed by atoms with Crippen LogP contribution in [0.3, 0.4) is 0 Å². The molecule has 0 aliphatic heterocycles. The number of hydrogen-bond acceptors (Lipinski definition) is 2. The van der Waals surface area contributed by atoms with Crippen LogP contribution in [0.15, 0.2) is 12.4 Å². The second kappa shape index (κ2) is 4.22. The number of nitrogens with two attached hydrogens (primary N) is 1. The van der Waals surface area contributed by atoms with Crippen LogP contribution >= 0.6 is 0 Å². The molecule has 0 radical (unpaired) electrons. The molecule has 0 aliphatic carbocycles. The molecule has 1 heterocycles. The maximum absolute atomic E-state index is 11.2. The molecule has 3 heteroatoms. The Morgan fingerprint density at radius 3 is 2.57 bits per heavy atom. The minimum Gasteiger partial charge on any atom is -0.366 e. The van der Waals surface area contributed by atoms with Crippen molar-refractivity contribution in [3.63, 3.8) is 0 Å². The van der Waals surface area contributed by atoms with Gasteiger partial charge in [0.1, 0.15) is 0 Å². The second-order valence-corrected chi connectivity index (χ2v) is 3.63. The lowest BCUT2D eigenvalue weighted by atomic mass is 9.93. The Kier molecular flexibility index (Phi) is 3.23. The molecule has 1 amide bonds. The van der Waals surface area contributed by atoms with Crippen molar-refractivity contribution >= 4 is 5.91 Å². The van der Waals surface area contributed by atoms with E-state index < -0.39 is 5.91 Å². The van der Waals surface area contributed by atoms with Crippen LogP contribution in [0.2, 0.25) is 0 Å². The average molecular weight is 192 g/mol. The van der Waals surface area contributed by atoms with Gasteiger partial charge >= 0.3 is 0 Å². The highest BCUT2D eigenvalue weighted by Gasteiger charge is 2.14. The minimum atomic E-state index is -0.392. The average Bonchev–Trinajstić information content (AvgIpc) is 2.16. The molecule has 14 heavy (non-hydrogen) atoms. The number of rotatable bonds is 3. The van der Waals surface area contributed by atoms with Gasteiger partial charge in [0.15, 0.2) is 0 Å². The summed E-state index contributed by atoms with van der Waals surface area (Å²) in [5, 5.41) is 0. The number of carbonyl (C=O) groups excluding carboxylic acids is 1. The maximum Gasteiger partial charge on any atom is 0.250 e. The van der Waals surface area contributed by atoms with Crippen molar-refractivity contribution in [1.82, 2.24) is 4.98 Å². The molecular weight excluding hydrogens is 176 g/mol. The number of primary amides is 1. The van der Waals surface area contributed by atoms with Crippen molar-refractivity contribution in [2.45, 2.75) is 33.1 Å². The van der Waals surface area contributed by atoms with Gasteiger partial charge in [-0.25, -0.2) is 0 Å². The normalized spacial score (nSPS) is 10.6. The molecule has 2 N–H and O–H groups in total. The maximum atomic E-state index is 11.2. The molecule has 0 aromatic carbocycles. The zero-order valence-electron chi connectivity index (χ0n) is 8.87. The summed E-state index contributed by atoms with van der Waals surface area (Å²) in [6.07, 6.45) is 4.24. The van der Waals surface area contributed by atoms with E-state index in [2.05, 4.69) is 18.8 Å². The van der Waals surface area contributed by atoms with Crippen LogP contribution in [-0.2, 0) is 6.42 Å². The van der Waals surface area contributed by atoms with Gasteiger partial charge in [-0.3, -0.25) is 9.78 Å². The van der Waals surface area contributed by atoms with E-state index in [0.29, 0.717) is 11.5 Å². The number of nitrogens with zero attached hydrogens (tertiary/aromatic N) is 1. The Morgan fingerprint density at radius 2 is 2.14 bits per heavy atom. The molecule has 0 bridgehead atoms. The molecule has 0 atom stereocenters. The zero-order chi connectivity index (χ0) is 10.7. The van der Waals surface area contributed by atoms with Gasteiger partial charge in [0.05, 0.1) is 5.56 Å². The second-order valence-electron chi connectivity index (χ2n) is 3.63. The Hall–Kier alpha value is -1.38. The van der Waals surface area contributed by atoms with Crippen molar-refractivity contribution in [3.8, 4) is 0 Å². The predicted octanol–water partition coefficient (Wildman–Crippen LogP) is 1.87. The zero-order valence-corrected chi connectivity index (χ0v) is 8.87. The SMILES string of the molecule is CCc1cncc(C(N)=O)c1C(C)C. The van der Waals surface area contributed by atoms with Gasteiger partial charge in [-0.15, -0.1) is 0 Å². The molecule has 0 fully saturated rings. The molecular formula is C11H16N2O. The van der Waals surface area contributed by atoms with Crippen LogP contribution in [0, 0.1) is 0 Å². The third-order valence-corrected chi connectivity index (χ3v) is 2.29. The van der Waals surface area contributed by atoms with Crippen molar-refractivity contribution in [2.75, 3.05) is 0 Å². The Bertz CT molecular complexity index is 345. The number of aromatic nitrogens is 1. The first-order valence-electron chi connectivity index (χ1n) is 4.84. The largest absolute Gasteiger partial charge is 0.366 e. The van der Waals surface area contributed by atoms with Gasteiger partial charge in [-0.1, -0.05) is 20.8 Å². The number of carbonyl (C=O) groups is 1. The molecule has 3 nitrogen and oxygen atoms in total. The lowest BCUT2D eigenvalue weighted by Gasteiger charge is -2.14. The quantitative estimate of drug-likeness (QED) is 0.794. The fraction of sp³-hybridized carbons (Fsp3) is 0.455. The van der Waals surface area contributed by atoms with E-state index in [1.54, 1.807) is 6.20 Å². The van der Waals surface area contributed by atoms with Gasteiger partial charge < -0.3 is 5.73 Å². The van der Waals surface area contributed by atoms with Crippen LogP contribution in [0.5, 0.6) is 0 Å². The molecule has 0 aliphatic rings. The topological polar surface area (TPSA) is 56.0 Å².